The molecule has 0 heterocycles. The van der Waals surface area contributed by atoms with Gasteiger partial charge in [0.2, 0.25) is 0 Å². The van der Waals surface area contributed by atoms with Crippen LogP contribution in [0.2, 0.25) is 0 Å². The predicted molar refractivity (Wildman–Crippen MR) is 116 cm³/mol. The largest absolute Gasteiger partial charge is 0.379 e. The molecule has 144 valence electrons. The van der Waals surface area contributed by atoms with Crippen LogP contribution in [-0.2, 0) is 9.47 Å². The van der Waals surface area contributed by atoms with Gasteiger partial charge in [0.15, 0.2) is 5.96 Å². The number of nitrogens with zero attached hydrogens (tertiary/aromatic N) is 1. The lowest BCUT2D eigenvalue weighted by Crippen LogP contribution is -2.43. The summed E-state index contributed by atoms with van der Waals surface area (Å²) in [5.41, 5.74) is 0. The molecule has 2 atom stereocenters. The highest BCUT2D eigenvalue weighted by atomic mass is 127. The van der Waals surface area contributed by atoms with Crippen LogP contribution >= 0.6 is 35.7 Å². The summed E-state index contributed by atoms with van der Waals surface area (Å²) in [4.78, 5) is 4.30. The van der Waals surface area contributed by atoms with E-state index in [1.54, 1.807) is 0 Å². The molecule has 0 spiro atoms. The van der Waals surface area contributed by atoms with Crippen molar-refractivity contribution < 1.29 is 9.47 Å². The standard InChI is InChI=1S/C17H35N3O2S.HI/c1-4-6-10-21-12-13-22-11-9-19-17(18-3)20-15-7-8-16(14-15)23-5-2;/h15-16H,4-14H2,1-3H3,(H2,18,19,20);1H. The molecule has 0 aromatic heterocycles. The number of unbranched alkanes of at least 4 members (excludes halogenated alkanes) is 1. The molecule has 1 saturated carbocycles. The van der Waals surface area contributed by atoms with E-state index in [1.165, 1.54) is 31.4 Å². The van der Waals surface area contributed by atoms with Gasteiger partial charge in [-0.3, -0.25) is 4.99 Å². The molecule has 2 N–H and O–H groups in total. The number of ether oxygens (including phenoxy) is 2. The quantitative estimate of drug-likeness (QED) is 0.197. The lowest BCUT2D eigenvalue weighted by molar-refractivity contribution is 0.0487. The maximum absolute atomic E-state index is 5.55. The van der Waals surface area contributed by atoms with Crippen molar-refractivity contribution in [3.05, 3.63) is 0 Å². The average molecular weight is 473 g/mol. The van der Waals surface area contributed by atoms with E-state index >= 15 is 0 Å². The van der Waals surface area contributed by atoms with Crippen molar-refractivity contribution in [1.82, 2.24) is 10.6 Å². The Kier molecular flexibility index (Phi) is 16.9. The number of hydrogen-bond donors (Lipinski definition) is 2. The van der Waals surface area contributed by atoms with E-state index in [-0.39, 0.29) is 24.0 Å². The van der Waals surface area contributed by atoms with E-state index in [1.807, 2.05) is 7.05 Å². The van der Waals surface area contributed by atoms with Gasteiger partial charge in [-0.05, 0) is 31.4 Å². The van der Waals surface area contributed by atoms with Gasteiger partial charge in [0.1, 0.15) is 0 Å². The number of guanidine groups is 1. The van der Waals surface area contributed by atoms with E-state index < -0.39 is 0 Å². The number of rotatable bonds is 12. The highest BCUT2D eigenvalue weighted by molar-refractivity contribution is 14.0. The Hall–Kier alpha value is 0.270. The van der Waals surface area contributed by atoms with E-state index in [4.69, 9.17) is 9.47 Å². The van der Waals surface area contributed by atoms with Crippen LogP contribution in [0.15, 0.2) is 4.99 Å². The minimum Gasteiger partial charge on any atom is -0.379 e. The molecule has 1 aliphatic carbocycles. The summed E-state index contributed by atoms with van der Waals surface area (Å²) in [5, 5.41) is 7.66. The van der Waals surface area contributed by atoms with E-state index in [0.717, 1.165) is 30.8 Å². The van der Waals surface area contributed by atoms with Crippen molar-refractivity contribution in [2.45, 2.75) is 57.2 Å². The first-order valence-corrected chi connectivity index (χ1v) is 10.1. The fourth-order valence-corrected chi connectivity index (χ4v) is 3.80. The van der Waals surface area contributed by atoms with Crippen LogP contribution in [0.25, 0.3) is 0 Å². The van der Waals surface area contributed by atoms with Crippen molar-refractivity contribution >= 4 is 41.7 Å². The molecule has 1 rings (SSSR count). The van der Waals surface area contributed by atoms with Crippen LogP contribution in [0.4, 0.5) is 0 Å². The van der Waals surface area contributed by atoms with Crippen LogP contribution in [0.1, 0.15) is 46.0 Å². The molecule has 0 aromatic carbocycles. The minimum atomic E-state index is 0. The summed E-state index contributed by atoms with van der Waals surface area (Å²) >= 11 is 2.08. The summed E-state index contributed by atoms with van der Waals surface area (Å²) in [7, 11) is 1.82. The first kappa shape index (κ1) is 24.3. The predicted octanol–water partition coefficient (Wildman–Crippen LogP) is 3.28. The Morgan fingerprint density at radius 3 is 2.54 bits per heavy atom. The number of nitrogens with one attached hydrogen (secondary N) is 2. The van der Waals surface area contributed by atoms with E-state index in [2.05, 4.69) is 41.2 Å². The van der Waals surface area contributed by atoms with Crippen LogP contribution in [0, 0.1) is 0 Å². The normalized spacial score (nSPS) is 20.7. The molecule has 0 aromatic rings. The minimum absolute atomic E-state index is 0. The lowest BCUT2D eigenvalue weighted by atomic mass is 10.2. The smallest absolute Gasteiger partial charge is 0.191 e. The topological polar surface area (TPSA) is 54.9 Å². The second-order valence-electron chi connectivity index (χ2n) is 5.81. The van der Waals surface area contributed by atoms with Gasteiger partial charge in [-0.1, -0.05) is 20.3 Å². The zero-order valence-corrected chi connectivity index (χ0v) is 18.7. The van der Waals surface area contributed by atoms with Gasteiger partial charge in [-0.15, -0.1) is 24.0 Å². The molecular formula is C17H36IN3O2S. The fourth-order valence-electron chi connectivity index (χ4n) is 2.66. The first-order chi connectivity index (χ1) is 11.3. The zero-order chi connectivity index (χ0) is 16.8. The maximum Gasteiger partial charge on any atom is 0.191 e. The summed E-state index contributed by atoms with van der Waals surface area (Å²) in [6, 6.07) is 0.554. The highest BCUT2D eigenvalue weighted by Gasteiger charge is 2.24. The Morgan fingerprint density at radius 1 is 1.12 bits per heavy atom. The van der Waals surface area contributed by atoms with Gasteiger partial charge in [0.25, 0.3) is 0 Å². The van der Waals surface area contributed by atoms with Crippen molar-refractivity contribution in [1.29, 1.82) is 0 Å². The van der Waals surface area contributed by atoms with Crippen molar-refractivity contribution in [3.63, 3.8) is 0 Å². The van der Waals surface area contributed by atoms with Gasteiger partial charge >= 0.3 is 0 Å². The van der Waals surface area contributed by atoms with Crippen LogP contribution in [0.3, 0.4) is 0 Å². The SMILES string of the molecule is CCCCOCCOCCNC(=NC)NC1CCC(SCC)C1.I. The Bertz CT molecular complexity index is 322. The molecule has 24 heavy (non-hydrogen) atoms. The molecule has 1 aliphatic rings. The van der Waals surface area contributed by atoms with Crippen molar-refractivity contribution in [2.75, 3.05) is 45.8 Å². The molecule has 0 saturated heterocycles. The van der Waals surface area contributed by atoms with Gasteiger partial charge in [0, 0.05) is 31.5 Å². The monoisotopic (exact) mass is 473 g/mol. The third-order valence-corrected chi connectivity index (χ3v) is 5.14. The second-order valence-corrected chi connectivity index (χ2v) is 7.39. The summed E-state index contributed by atoms with van der Waals surface area (Å²) in [6.07, 6.45) is 6.10. The van der Waals surface area contributed by atoms with Crippen molar-refractivity contribution in [2.24, 2.45) is 4.99 Å². The maximum atomic E-state index is 5.55. The second kappa shape index (κ2) is 16.7. The Labute approximate surface area is 169 Å². The third kappa shape index (κ3) is 11.8. The van der Waals surface area contributed by atoms with Crippen molar-refractivity contribution in [3.8, 4) is 0 Å². The lowest BCUT2D eigenvalue weighted by Gasteiger charge is -2.17. The van der Waals surface area contributed by atoms with Gasteiger partial charge in [0.05, 0.1) is 19.8 Å². The molecule has 0 radical (unpaired) electrons. The van der Waals surface area contributed by atoms with E-state index in [0.29, 0.717) is 25.9 Å². The van der Waals surface area contributed by atoms with E-state index in [9.17, 15) is 0 Å². The Balaban J connectivity index is 0.00000529. The third-order valence-electron chi connectivity index (χ3n) is 3.90. The number of aliphatic imine (C=N–C) groups is 1. The molecule has 0 amide bonds. The first-order valence-electron chi connectivity index (χ1n) is 9.04. The number of halogens is 1. The van der Waals surface area contributed by atoms with Crippen LogP contribution < -0.4 is 10.6 Å². The molecule has 1 fully saturated rings. The van der Waals surface area contributed by atoms with Gasteiger partial charge < -0.3 is 20.1 Å². The van der Waals surface area contributed by atoms with Gasteiger partial charge in [-0.25, -0.2) is 0 Å². The number of thioether (sulfide) groups is 1. The fraction of sp³-hybridized carbons (Fsp3) is 0.941. The summed E-state index contributed by atoms with van der Waals surface area (Å²) in [6.45, 7) is 8.04. The molecular weight excluding hydrogens is 437 g/mol. The number of hydrogen-bond acceptors (Lipinski definition) is 4. The average Bonchev–Trinajstić information content (AvgIpc) is 2.99. The summed E-state index contributed by atoms with van der Waals surface area (Å²) < 4.78 is 11.0. The van der Waals surface area contributed by atoms with Gasteiger partial charge in [-0.2, -0.15) is 11.8 Å². The zero-order valence-electron chi connectivity index (χ0n) is 15.5. The molecule has 5 nitrogen and oxygen atoms in total. The molecule has 0 aliphatic heterocycles. The molecule has 7 heteroatoms. The Morgan fingerprint density at radius 2 is 1.88 bits per heavy atom. The van der Waals surface area contributed by atoms with Crippen LogP contribution in [0.5, 0.6) is 0 Å². The molecule has 0 bridgehead atoms. The molecule has 2 unspecified atom stereocenters. The van der Waals surface area contributed by atoms with Crippen LogP contribution in [-0.4, -0.2) is 63.0 Å². The highest BCUT2D eigenvalue weighted by Crippen LogP contribution is 2.29. The summed E-state index contributed by atoms with van der Waals surface area (Å²) in [5.74, 6) is 2.10.